The first-order valence-corrected chi connectivity index (χ1v) is 6.90. The van der Waals surface area contributed by atoms with Gasteiger partial charge in [0.25, 0.3) is 5.91 Å². The topological polar surface area (TPSA) is 29.5 Å². The van der Waals surface area contributed by atoms with E-state index in [2.05, 4.69) is 22.6 Å². The van der Waals surface area contributed by atoms with Crippen LogP contribution in [-0.2, 0) is 4.84 Å². The van der Waals surface area contributed by atoms with Gasteiger partial charge in [0.15, 0.2) is 0 Å². The highest BCUT2D eigenvalue weighted by Crippen LogP contribution is 2.19. The number of halogens is 1. The number of hydrogen-bond donors (Lipinski definition) is 0. The van der Waals surface area contributed by atoms with Gasteiger partial charge in [-0.2, -0.15) is 5.06 Å². The summed E-state index contributed by atoms with van der Waals surface area (Å²) < 4.78 is 1.11. The molecule has 0 fully saturated rings. The molecule has 0 atom stereocenters. The second-order valence-electron chi connectivity index (χ2n) is 4.13. The number of rotatable bonds is 3. The van der Waals surface area contributed by atoms with Crippen LogP contribution >= 0.6 is 22.6 Å². The van der Waals surface area contributed by atoms with Crippen LogP contribution in [0.5, 0.6) is 0 Å². The third-order valence-corrected chi connectivity index (χ3v) is 3.41. The van der Waals surface area contributed by atoms with E-state index in [0.29, 0.717) is 5.56 Å². The molecule has 0 aliphatic rings. The Balaban J connectivity index is 2.31. The summed E-state index contributed by atoms with van der Waals surface area (Å²) in [7, 11) is 1.49. The summed E-state index contributed by atoms with van der Waals surface area (Å²) in [6.07, 6.45) is 0. The number of aryl methyl sites for hydroxylation is 1. The molecule has 1 amide bonds. The van der Waals surface area contributed by atoms with Crippen molar-refractivity contribution in [2.24, 2.45) is 0 Å². The smallest absolute Gasteiger partial charge is 0.269 e. The summed E-state index contributed by atoms with van der Waals surface area (Å²) in [5.41, 5.74) is 2.37. The molecular formula is C15H14INO2. The number of hydrogen-bond acceptors (Lipinski definition) is 2. The van der Waals surface area contributed by atoms with Crippen molar-refractivity contribution >= 4 is 34.2 Å². The predicted molar refractivity (Wildman–Crippen MR) is 84.2 cm³/mol. The highest BCUT2D eigenvalue weighted by Gasteiger charge is 2.17. The summed E-state index contributed by atoms with van der Waals surface area (Å²) in [4.78, 5) is 17.6. The van der Waals surface area contributed by atoms with Crippen LogP contribution in [0.3, 0.4) is 0 Å². The number of anilines is 1. The fourth-order valence-corrected chi connectivity index (χ4v) is 2.14. The number of amides is 1. The fraction of sp³-hybridized carbons (Fsp3) is 0.133. The van der Waals surface area contributed by atoms with Crippen LogP contribution in [0.2, 0.25) is 0 Å². The average Bonchev–Trinajstić information content (AvgIpc) is 2.41. The molecule has 0 saturated carbocycles. The van der Waals surface area contributed by atoms with Gasteiger partial charge in [0.05, 0.1) is 12.8 Å². The summed E-state index contributed by atoms with van der Waals surface area (Å²) in [5, 5.41) is 1.30. The van der Waals surface area contributed by atoms with Crippen molar-refractivity contribution in [3.63, 3.8) is 0 Å². The SMILES string of the molecule is CON(C(=O)c1cccc(C)c1)c1ccc(I)cc1. The van der Waals surface area contributed by atoms with Crippen molar-refractivity contribution in [1.29, 1.82) is 0 Å². The predicted octanol–water partition coefficient (Wildman–Crippen LogP) is 3.81. The van der Waals surface area contributed by atoms with E-state index in [1.807, 2.05) is 49.4 Å². The molecule has 0 heterocycles. The first-order valence-electron chi connectivity index (χ1n) is 5.82. The van der Waals surface area contributed by atoms with Crippen molar-refractivity contribution in [2.75, 3.05) is 12.2 Å². The molecule has 0 radical (unpaired) electrons. The van der Waals surface area contributed by atoms with Crippen molar-refractivity contribution in [1.82, 2.24) is 0 Å². The molecule has 0 aromatic heterocycles. The maximum atomic E-state index is 12.4. The lowest BCUT2D eigenvalue weighted by Crippen LogP contribution is -2.29. The molecule has 0 saturated heterocycles. The molecule has 0 unspecified atom stereocenters. The third kappa shape index (κ3) is 3.33. The largest absolute Gasteiger partial charge is 0.282 e. The van der Waals surface area contributed by atoms with Crippen LogP contribution in [0.1, 0.15) is 15.9 Å². The Kier molecular flexibility index (Phi) is 4.55. The van der Waals surface area contributed by atoms with E-state index in [9.17, 15) is 4.79 Å². The maximum absolute atomic E-state index is 12.4. The van der Waals surface area contributed by atoms with Crippen LogP contribution in [-0.4, -0.2) is 13.0 Å². The lowest BCUT2D eigenvalue weighted by Gasteiger charge is -2.20. The molecule has 0 aliphatic heterocycles. The average molecular weight is 367 g/mol. The highest BCUT2D eigenvalue weighted by atomic mass is 127. The molecule has 3 nitrogen and oxygen atoms in total. The molecule has 0 aliphatic carbocycles. The Morgan fingerprint density at radius 2 is 1.84 bits per heavy atom. The van der Waals surface area contributed by atoms with Gasteiger partial charge in [-0.15, -0.1) is 0 Å². The molecule has 2 rings (SSSR count). The van der Waals surface area contributed by atoms with Crippen molar-refractivity contribution in [3.8, 4) is 0 Å². The highest BCUT2D eigenvalue weighted by molar-refractivity contribution is 14.1. The van der Waals surface area contributed by atoms with E-state index in [-0.39, 0.29) is 5.91 Å². The minimum atomic E-state index is -0.174. The van der Waals surface area contributed by atoms with Crippen molar-refractivity contribution in [3.05, 3.63) is 63.2 Å². The normalized spacial score (nSPS) is 10.3. The van der Waals surface area contributed by atoms with E-state index in [0.717, 1.165) is 14.8 Å². The maximum Gasteiger partial charge on any atom is 0.282 e. The van der Waals surface area contributed by atoms with Gasteiger partial charge in [0.1, 0.15) is 0 Å². The Morgan fingerprint density at radius 1 is 1.16 bits per heavy atom. The molecule has 2 aromatic carbocycles. The van der Waals surface area contributed by atoms with Crippen molar-refractivity contribution < 1.29 is 9.63 Å². The van der Waals surface area contributed by atoms with Gasteiger partial charge in [-0.05, 0) is 65.9 Å². The van der Waals surface area contributed by atoms with Crippen LogP contribution in [0.15, 0.2) is 48.5 Å². The first kappa shape index (κ1) is 14.0. The van der Waals surface area contributed by atoms with Crippen LogP contribution in [0.25, 0.3) is 0 Å². The minimum absolute atomic E-state index is 0.174. The molecule has 2 aromatic rings. The molecule has 19 heavy (non-hydrogen) atoms. The lowest BCUT2D eigenvalue weighted by atomic mass is 10.1. The molecule has 0 bridgehead atoms. The Labute approximate surface area is 126 Å². The second kappa shape index (κ2) is 6.16. The summed E-state index contributed by atoms with van der Waals surface area (Å²) in [6, 6.07) is 15.0. The van der Waals surface area contributed by atoms with Crippen LogP contribution in [0.4, 0.5) is 5.69 Å². The first-order chi connectivity index (χ1) is 9.11. The van der Waals surface area contributed by atoms with Gasteiger partial charge in [-0.25, -0.2) is 0 Å². The summed E-state index contributed by atoms with van der Waals surface area (Å²) >= 11 is 2.22. The van der Waals surface area contributed by atoms with Crippen LogP contribution < -0.4 is 5.06 Å². The lowest BCUT2D eigenvalue weighted by molar-refractivity contribution is 0.0773. The molecule has 0 spiro atoms. The van der Waals surface area contributed by atoms with E-state index in [1.165, 1.54) is 12.2 Å². The fourth-order valence-electron chi connectivity index (χ4n) is 1.78. The Hall–Kier alpha value is -1.40. The second-order valence-corrected chi connectivity index (χ2v) is 5.37. The minimum Gasteiger partial charge on any atom is -0.269 e. The molecule has 0 N–H and O–H groups in total. The van der Waals surface area contributed by atoms with Crippen molar-refractivity contribution in [2.45, 2.75) is 6.92 Å². The van der Waals surface area contributed by atoms with E-state index >= 15 is 0 Å². The standard InChI is InChI=1S/C15H14INO2/c1-11-4-3-5-12(10-11)15(18)17(19-2)14-8-6-13(16)7-9-14/h3-10H,1-2H3. The number of hydroxylamine groups is 1. The van der Waals surface area contributed by atoms with E-state index < -0.39 is 0 Å². The third-order valence-electron chi connectivity index (χ3n) is 2.69. The summed E-state index contributed by atoms with van der Waals surface area (Å²) in [5.74, 6) is -0.174. The van der Waals surface area contributed by atoms with E-state index in [4.69, 9.17) is 4.84 Å². The van der Waals surface area contributed by atoms with Gasteiger partial charge in [0.2, 0.25) is 0 Å². The number of nitrogens with zero attached hydrogens (tertiary/aromatic N) is 1. The van der Waals surface area contributed by atoms with Crippen LogP contribution in [0, 0.1) is 10.5 Å². The van der Waals surface area contributed by atoms with Gasteiger partial charge in [-0.3, -0.25) is 9.63 Å². The number of carbonyl (C=O) groups excluding carboxylic acids is 1. The Bertz CT molecular complexity index is 581. The van der Waals surface area contributed by atoms with E-state index in [1.54, 1.807) is 6.07 Å². The zero-order valence-electron chi connectivity index (χ0n) is 10.8. The number of carbonyl (C=O) groups is 1. The number of benzene rings is 2. The quantitative estimate of drug-likeness (QED) is 0.610. The van der Waals surface area contributed by atoms with Gasteiger partial charge in [0, 0.05) is 9.13 Å². The van der Waals surface area contributed by atoms with Gasteiger partial charge < -0.3 is 0 Å². The Morgan fingerprint density at radius 3 is 2.42 bits per heavy atom. The van der Waals surface area contributed by atoms with Gasteiger partial charge >= 0.3 is 0 Å². The molecular weight excluding hydrogens is 353 g/mol. The zero-order valence-corrected chi connectivity index (χ0v) is 12.9. The molecule has 98 valence electrons. The zero-order chi connectivity index (χ0) is 13.8. The summed E-state index contributed by atoms with van der Waals surface area (Å²) in [6.45, 7) is 1.96. The van der Waals surface area contributed by atoms with Gasteiger partial charge in [-0.1, -0.05) is 17.7 Å². The monoisotopic (exact) mass is 367 g/mol. The molecule has 4 heteroatoms.